The number of nitrogens with zero attached hydrogens (tertiary/aromatic N) is 1. The molecule has 0 spiro atoms. The Kier molecular flexibility index (Phi) is 9.78. The number of hydrogen-bond donors (Lipinski definition) is 2. The molecule has 0 aliphatic rings. The van der Waals surface area contributed by atoms with E-state index in [0.29, 0.717) is 39.4 Å². The molecular formula is C33H27N3O7. The number of para-hydroxylation sites is 1. The van der Waals surface area contributed by atoms with Gasteiger partial charge in [0.1, 0.15) is 17.2 Å². The van der Waals surface area contributed by atoms with Crippen molar-refractivity contribution < 1.29 is 28.8 Å². The lowest BCUT2D eigenvalue weighted by Crippen LogP contribution is -2.30. The Balaban J connectivity index is 1.56. The summed E-state index contributed by atoms with van der Waals surface area (Å²) in [6, 6.07) is 25.7. The van der Waals surface area contributed by atoms with E-state index < -0.39 is 16.7 Å². The van der Waals surface area contributed by atoms with Crippen LogP contribution in [0.4, 0.5) is 11.4 Å². The van der Waals surface area contributed by atoms with Gasteiger partial charge in [0.2, 0.25) is 0 Å². The van der Waals surface area contributed by atoms with Crippen molar-refractivity contribution in [2.24, 2.45) is 0 Å². The van der Waals surface area contributed by atoms with Gasteiger partial charge >= 0.3 is 0 Å². The van der Waals surface area contributed by atoms with Gasteiger partial charge in [-0.1, -0.05) is 30.3 Å². The van der Waals surface area contributed by atoms with Crippen molar-refractivity contribution in [1.29, 1.82) is 0 Å². The first-order valence-corrected chi connectivity index (χ1v) is 13.0. The smallest absolute Gasteiger partial charge is 0.276 e. The summed E-state index contributed by atoms with van der Waals surface area (Å²) in [5.74, 6) is -0.509. The van der Waals surface area contributed by atoms with Gasteiger partial charge < -0.3 is 20.1 Å². The molecule has 10 nitrogen and oxygen atoms in total. The summed E-state index contributed by atoms with van der Waals surface area (Å²) < 4.78 is 10.7. The van der Waals surface area contributed by atoms with Crippen molar-refractivity contribution in [3.05, 3.63) is 141 Å². The lowest BCUT2D eigenvalue weighted by atomic mass is 10.1. The average molecular weight is 578 g/mol. The molecule has 216 valence electrons. The van der Waals surface area contributed by atoms with E-state index in [4.69, 9.17) is 9.47 Å². The second kappa shape index (κ2) is 14.0. The first-order chi connectivity index (χ1) is 20.8. The number of rotatable bonds is 11. The number of carbonyl (C=O) groups excluding carboxylic acids is 3. The average Bonchev–Trinajstić information content (AvgIpc) is 3.04. The van der Waals surface area contributed by atoms with Crippen LogP contribution < -0.4 is 20.1 Å². The van der Waals surface area contributed by atoms with Crippen LogP contribution in [-0.4, -0.2) is 36.7 Å². The number of hydrogen-bond acceptors (Lipinski definition) is 7. The molecule has 2 amide bonds. The van der Waals surface area contributed by atoms with Crippen LogP contribution in [0, 0.1) is 10.1 Å². The number of allylic oxidation sites excluding steroid dienone is 1. The Labute approximate surface area is 247 Å². The number of methoxy groups -OCH3 is 2. The van der Waals surface area contributed by atoms with Crippen molar-refractivity contribution in [3.63, 3.8) is 0 Å². The number of amides is 2. The minimum atomic E-state index is -0.621. The summed E-state index contributed by atoms with van der Waals surface area (Å²) >= 11 is 0. The molecular weight excluding hydrogens is 550 g/mol. The van der Waals surface area contributed by atoms with E-state index in [0.717, 1.165) is 0 Å². The second-order valence-corrected chi connectivity index (χ2v) is 9.03. The zero-order valence-corrected chi connectivity index (χ0v) is 23.3. The van der Waals surface area contributed by atoms with Crippen LogP contribution in [-0.2, 0) is 4.79 Å². The van der Waals surface area contributed by atoms with Gasteiger partial charge in [-0.15, -0.1) is 0 Å². The molecule has 0 heterocycles. The monoisotopic (exact) mass is 577 g/mol. The molecule has 2 N–H and O–H groups in total. The molecule has 0 atom stereocenters. The Hall–Kier alpha value is -6.03. The molecule has 0 bridgehead atoms. The number of anilines is 1. The van der Waals surface area contributed by atoms with Gasteiger partial charge in [-0.3, -0.25) is 24.5 Å². The molecule has 4 aromatic rings. The van der Waals surface area contributed by atoms with Crippen LogP contribution in [0.15, 0.2) is 109 Å². The molecule has 0 aromatic heterocycles. The number of nitro benzene ring substituents is 1. The predicted octanol–water partition coefficient (Wildman–Crippen LogP) is 5.92. The SMILES string of the molecule is COc1ccc(OC)c(/C=C(\NC(=O)c2ccccc2)C(=O)Nc2ccc(C(=O)/C=C/c3ccccc3[N+](=O)[O-])cc2)c1. The van der Waals surface area contributed by atoms with Gasteiger partial charge in [0.25, 0.3) is 17.5 Å². The van der Waals surface area contributed by atoms with Crippen molar-refractivity contribution in [2.45, 2.75) is 0 Å². The summed E-state index contributed by atoms with van der Waals surface area (Å²) in [4.78, 5) is 49.7. The van der Waals surface area contributed by atoms with Crippen LogP contribution in [0.25, 0.3) is 12.2 Å². The molecule has 10 heteroatoms. The molecule has 4 rings (SSSR count). The third kappa shape index (κ3) is 7.80. The third-order valence-electron chi connectivity index (χ3n) is 6.24. The van der Waals surface area contributed by atoms with Crippen molar-refractivity contribution >= 4 is 41.1 Å². The number of nitrogens with one attached hydrogen (secondary N) is 2. The largest absolute Gasteiger partial charge is 0.497 e. The molecule has 0 radical (unpaired) electrons. The highest BCUT2D eigenvalue weighted by Crippen LogP contribution is 2.26. The van der Waals surface area contributed by atoms with E-state index in [2.05, 4.69) is 10.6 Å². The predicted molar refractivity (Wildman–Crippen MR) is 163 cm³/mol. The second-order valence-electron chi connectivity index (χ2n) is 9.03. The molecule has 43 heavy (non-hydrogen) atoms. The fourth-order valence-electron chi connectivity index (χ4n) is 4.02. The number of carbonyl (C=O) groups is 3. The Bertz CT molecular complexity index is 1710. The molecule has 0 saturated heterocycles. The normalized spacial score (nSPS) is 11.1. The lowest BCUT2D eigenvalue weighted by Gasteiger charge is -2.13. The maximum atomic E-state index is 13.4. The van der Waals surface area contributed by atoms with Gasteiger partial charge in [0.05, 0.1) is 24.7 Å². The standard InChI is InChI=1S/C33H27N3O7/c1-42-27-17-19-31(43-2)25(20-27)21-28(35-32(38)24-9-4-3-5-10-24)33(39)34-26-15-12-23(13-16-26)30(37)18-14-22-8-6-7-11-29(22)36(40)41/h3-21H,1-2H3,(H,34,39)(H,35,38)/b18-14+,28-21-. The minimum absolute atomic E-state index is 0.0621. The van der Waals surface area contributed by atoms with Crippen LogP contribution >= 0.6 is 0 Å². The Morgan fingerprint density at radius 2 is 1.49 bits per heavy atom. The zero-order chi connectivity index (χ0) is 30.8. The molecule has 0 unspecified atom stereocenters. The fraction of sp³-hybridized carbons (Fsp3) is 0.0606. The molecule has 0 saturated carbocycles. The van der Waals surface area contributed by atoms with Gasteiger partial charge in [0, 0.05) is 28.4 Å². The number of ether oxygens (including phenoxy) is 2. The van der Waals surface area contributed by atoms with Crippen LogP contribution in [0.3, 0.4) is 0 Å². The molecule has 0 aliphatic carbocycles. The first-order valence-electron chi connectivity index (χ1n) is 13.0. The van der Waals surface area contributed by atoms with E-state index in [9.17, 15) is 24.5 Å². The van der Waals surface area contributed by atoms with E-state index in [1.807, 2.05) is 0 Å². The highest BCUT2D eigenvalue weighted by Gasteiger charge is 2.17. The van der Waals surface area contributed by atoms with Gasteiger partial charge in [-0.2, -0.15) is 0 Å². The van der Waals surface area contributed by atoms with Crippen LogP contribution in [0.1, 0.15) is 31.8 Å². The Morgan fingerprint density at radius 3 is 2.16 bits per heavy atom. The van der Waals surface area contributed by atoms with Crippen molar-refractivity contribution in [1.82, 2.24) is 5.32 Å². The maximum Gasteiger partial charge on any atom is 0.276 e. The summed E-state index contributed by atoms with van der Waals surface area (Å²) in [5.41, 5.74) is 1.65. The number of ketones is 1. The molecule has 4 aromatic carbocycles. The highest BCUT2D eigenvalue weighted by molar-refractivity contribution is 6.11. The maximum absolute atomic E-state index is 13.4. The number of benzene rings is 4. The molecule has 0 fully saturated rings. The van der Waals surface area contributed by atoms with E-state index in [1.165, 1.54) is 62.8 Å². The molecule has 0 aliphatic heterocycles. The summed E-state index contributed by atoms with van der Waals surface area (Å²) in [7, 11) is 3.00. The van der Waals surface area contributed by atoms with Crippen molar-refractivity contribution in [3.8, 4) is 11.5 Å². The first kappa shape index (κ1) is 29.9. The third-order valence-corrected chi connectivity index (χ3v) is 6.24. The minimum Gasteiger partial charge on any atom is -0.497 e. The van der Waals surface area contributed by atoms with Crippen LogP contribution in [0.5, 0.6) is 11.5 Å². The van der Waals surface area contributed by atoms with Crippen LogP contribution in [0.2, 0.25) is 0 Å². The summed E-state index contributed by atoms with van der Waals surface area (Å²) in [5, 5.41) is 16.6. The highest BCUT2D eigenvalue weighted by atomic mass is 16.6. The summed E-state index contributed by atoms with van der Waals surface area (Å²) in [6.07, 6.45) is 4.11. The zero-order valence-electron chi connectivity index (χ0n) is 23.3. The topological polar surface area (TPSA) is 137 Å². The summed E-state index contributed by atoms with van der Waals surface area (Å²) in [6.45, 7) is 0. The Morgan fingerprint density at radius 1 is 0.791 bits per heavy atom. The fourth-order valence-corrected chi connectivity index (χ4v) is 4.02. The van der Waals surface area contributed by atoms with Gasteiger partial charge in [0.15, 0.2) is 5.78 Å². The van der Waals surface area contributed by atoms with Gasteiger partial charge in [-0.25, -0.2) is 0 Å². The van der Waals surface area contributed by atoms with Crippen molar-refractivity contribution in [2.75, 3.05) is 19.5 Å². The lowest BCUT2D eigenvalue weighted by molar-refractivity contribution is -0.385. The van der Waals surface area contributed by atoms with E-state index in [1.54, 1.807) is 66.7 Å². The van der Waals surface area contributed by atoms with E-state index in [-0.39, 0.29) is 17.2 Å². The van der Waals surface area contributed by atoms with E-state index >= 15 is 0 Å². The number of nitro groups is 1. The quantitative estimate of drug-likeness (QED) is 0.0977. The van der Waals surface area contributed by atoms with Gasteiger partial charge in [-0.05, 0) is 78.9 Å².